The molecule has 6 aromatic rings. The maximum Gasteiger partial charge on any atom is 0.553 e. The lowest BCUT2D eigenvalue weighted by atomic mass is 9.91. The van der Waals surface area contributed by atoms with Gasteiger partial charge in [0.25, 0.3) is 0 Å². The Bertz CT molecular complexity index is 3100. The van der Waals surface area contributed by atoms with Crippen molar-refractivity contribution < 1.29 is 9.15 Å². The predicted octanol–water partition coefficient (Wildman–Crippen LogP) is 8.42. The molecule has 0 amide bonds. The van der Waals surface area contributed by atoms with E-state index in [9.17, 15) is 0 Å². The Kier molecular flexibility index (Phi) is 5.82. The van der Waals surface area contributed by atoms with Gasteiger partial charge in [-0.05, 0) is 91.9 Å². The number of rotatable bonds is 4. The Hall–Kier alpha value is -6.04. The summed E-state index contributed by atoms with van der Waals surface area (Å²) >= 11 is 3.72. The van der Waals surface area contributed by atoms with Crippen molar-refractivity contribution in [1.29, 1.82) is 0 Å². The van der Waals surface area contributed by atoms with Crippen LogP contribution in [0.2, 0.25) is 0 Å². The Morgan fingerprint density at radius 3 is 1.50 bits per heavy atom. The molecule has 0 saturated heterocycles. The Balaban J connectivity index is 1.33. The summed E-state index contributed by atoms with van der Waals surface area (Å²) in [6, 6.07) is 43.4. The molecule has 1 atom stereocenters. The molecule has 0 N–H and O–H groups in total. The van der Waals surface area contributed by atoms with Gasteiger partial charge in [0.15, 0.2) is 0 Å². The molecule has 5 heteroatoms. The second-order valence-corrected chi connectivity index (χ2v) is 16.3. The topological polar surface area (TPSA) is 15.9 Å². The van der Waals surface area contributed by atoms with Gasteiger partial charge in [-0.3, -0.25) is 0 Å². The molecule has 0 bridgehead atoms. The van der Waals surface area contributed by atoms with Gasteiger partial charge in [0, 0.05) is 28.8 Å². The molecular weight excluding hydrogens is 724 g/mol. The van der Waals surface area contributed by atoms with Crippen LogP contribution in [0.5, 0.6) is 0 Å². The highest BCUT2D eigenvalue weighted by Crippen LogP contribution is 2.53. The van der Waals surface area contributed by atoms with Crippen molar-refractivity contribution in [1.82, 2.24) is 9.13 Å². The summed E-state index contributed by atoms with van der Waals surface area (Å²) in [4.78, 5) is 0. The second kappa shape index (κ2) is 10.3. The third kappa shape index (κ3) is 3.59. The van der Waals surface area contributed by atoms with Crippen LogP contribution in [0.15, 0.2) is 155 Å². The van der Waals surface area contributed by atoms with Crippen molar-refractivity contribution in [2.75, 3.05) is 0 Å². The van der Waals surface area contributed by atoms with Crippen LogP contribution in [-0.4, -0.2) is 29.7 Å². The zero-order chi connectivity index (χ0) is 36.2. The van der Waals surface area contributed by atoms with Gasteiger partial charge in [0.2, 0.25) is 22.8 Å². The molecule has 0 aliphatic carbocycles. The van der Waals surface area contributed by atoms with Crippen LogP contribution in [-0.2, 0) is 5.91 Å². The number of allylic oxidation sites excluding steroid dienone is 4. The third-order valence-electron chi connectivity index (χ3n) is 12.2. The summed E-state index contributed by atoms with van der Waals surface area (Å²) < 4.78 is 11.7. The van der Waals surface area contributed by atoms with Gasteiger partial charge in [0.1, 0.15) is 0 Å². The number of aryl methyl sites for hydroxylation is 4. The second-order valence-electron chi connectivity index (χ2n) is 15.4. The Morgan fingerprint density at radius 2 is 0.944 bits per heavy atom. The smallest absolute Gasteiger partial charge is 0.198 e. The van der Waals surface area contributed by atoms with Crippen LogP contribution in [0.3, 0.4) is 0 Å². The fourth-order valence-corrected chi connectivity index (χ4v) is 10.3. The lowest BCUT2D eigenvalue weighted by Crippen LogP contribution is -2.71. The van der Waals surface area contributed by atoms with Crippen LogP contribution < -0.4 is 10.7 Å². The van der Waals surface area contributed by atoms with E-state index in [1.807, 2.05) is 0 Å². The molecule has 2 aromatic heterocycles. The van der Waals surface area contributed by atoms with Gasteiger partial charge in [0.05, 0.1) is 44.4 Å². The maximum atomic E-state index is 3.72. The van der Waals surface area contributed by atoms with E-state index in [0.717, 1.165) is 4.47 Å². The van der Waals surface area contributed by atoms with E-state index in [-0.39, 0.29) is 0 Å². The van der Waals surface area contributed by atoms with Crippen LogP contribution in [0.4, 0.5) is 0 Å². The fraction of sp³-hybridized carbons (Fsp3) is 0.102. The maximum absolute atomic E-state index is 3.72. The van der Waals surface area contributed by atoms with Crippen molar-refractivity contribution in [3.8, 4) is 0 Å². The predicted molar refractivity (Wildman–Crippen MR) is 220 cm³/mol. The molecule has 1 unspecified atom stereocenters. The summed E-state index contributed by atoms with van der Waals surface area (Å²) in [5, 5.41) is 2.43. The third-order valence-corrected chi connectivity index (χ3v) is 12.8. The van der Waals surface area contributed by atoms with Crippen molar-refractivity contribution in [3.63, 3.8) is 0 Å². The van der Waals surface area contributed by atoms with E-state index in [0.29, 0.717) is 0 Å². The van der Waals surface area contributed by atoms with Crippen molar-refractivity contribution in [3.05, 3.63) is 222 Å². The molecular formula is C49H35BrN4+2. The van der Waals surface area contributed by atoms with Gasteiger partial charge in [-0.15, -0.1) is 0 Å². The van der Waals surface area contributed by atoms with Crippen molar-refractivity contribution >= 4 is 49.6 Å². The van der Waals surface area contributed by atoms with Gasteiger partial charge in [-0.2, -0.15) is 9.13 Å². The van der Waals surface area contributed by atoms with E-state index in [2.05, 4.69) is 201 Å². The Morgan fingerprint density at radius 1 is 0.463 bits per heavy atom. The summed E-state index contributed by atoms with van der Waals surface area (Å²) in [7, 11) is 0. The summed E-state index contributed by atoms with van der Waals surface area (Å²) in [6.07, 6.45) is 9.49. The number of nitrogens with zero attached hydrogens (tertiary/aromatic N) is 4. The summed E-state index contributed by atoms with van der Waals surface area (Å²) in [6.45, 7) is 8.78. The minimum absolute atomic E-state index is 0.784. The van der Waals surface area contributed by atoms with E-state index >= 15 is 0 Å². The minimum atomic E-state index is -0.784. The van der Waals surface area contributed by atoms with Gasteiger partial charge >= 0.3 is 5.91 Å². The highest BCUT2D eigenvalue weighted by atomic mass is 79.9. The average Bonchev–Trinajstić information content (AvgIpc) is 3.99. The zero-order valence-electron chi connectivity index (χ0n) is 30.4. The van der Waals surface area contributed by atoms with Crippen LogP contribution >= 0.6 is 15.9 Å². The van der Waals surface area contributed by atoms with E-state index < -0.39 is 5.91 Å². The van der Waals surface area contributed by atoms with Crippen LogP contribution in [0, 0.1) is 27.7 Å². The molecule has 12 rings (SSSR count). The summed E-state index contributed by atoms with van der Waals surface area (Å²) in [5.41, 5.74) is 22.2. The highest BCUT2D eigenvalue weighted by molar-refractivity contribution is 9.10. The average molecular weight is 760 g/mol. The van der Waals surface area contributed by atoms with E-state index in [4.69, 9.17) is 0 Å². The number of halogens is 1. The largest absolute Gasteiger partial charge is 0.553 e. The molecule has 8 heterocycles. The monoisotopic (exact) mass is 758 g/mol. The first-order valence-corrected chi connectivity index (χ1v) is 19.5. The fourth-order valence-electron chi connectivity index (χ4n) is 10.0. The quantitative estimate of drug-likeness (QED) is 0.161. The first kappa shape index (κ1) is 30.4. The van der Waals surface area contributed by atoms with E-state index in [1.165, 1.54) is 112 Å². The molecule has 4 aromatic carbocycles. The van der Waals surface area contributed by atoms with Crippen LogP contribution in [0.25, 0.3) is 22.3 Å². The van der Waals surface area contributed by atoms with Gasteiger partial charge < -0.3 is 0 Å². The number of hydrogen-bond donors (Lipinski definition) is 0. The first-order valence-electron chi connectivity index (χ1n) is 18.7. The van der Waals surface area contributed by atoms with Gasteiger partial charge in [-0.25, -0.2) is 0 Å². The Labute approximate surface area is 322 Å². The molecule has 1 spiro atoms. The van der Waals surface area contributed by atoms with Gasteiger partial charge in [-0.1, -0.05) is 121 Å². The SMILES string of the molecule is Cc1ccc(C2=c3ccc4n3C35n6c(ccc6C(c6ccc(C)cc6C)=C6C=CC(=[N+]63)C=4c3ccc(C)cc3)C(c3ccc(Br)cc3)=C3C=CC2=[N+]35)cc1. The standard InChI is InChI=1S/C49H35BrN4/c1-28-5-10-32(11-6-28)45-37-19-20-39-46(33-12-7-29(2)8-13-33)41-23-25-43-48(36-18-9-30(3)27-31(36)4)44-26-24-42-47(34-14-16-35(50)17-15-34)40-22-21-38(45)52(40)49(51(37)39,53(41)43)54(42)44/h5-27H,1-4H3/q+2. The van der Waals surface area contributed by atoms with Crippen molar-refractivity contribution in [2.45, 2.75) is 33.6 Å². The minimum Gasteiger partial charge on any atom is -0.198 e. The molecule has 6 aliphatic heterocycles. The first-order chi connectivity index (χ1) is 26.3. The molecule has 256 valence electrons. The van der Waals surface area contributed by atoms with Crippen LogP contribution in [0.1, 0.15) is 55.9 Å². The normalized spacial score (nSPS) is 19.5. The van der Waals surface area contributed by atoms with E-state index in [1.54, 1.807) is 0 Å². The molecule has 0 saturated carbocycles. The number of benzene rings is 4. The number of hydrogen-bond acceptors (Lipinski definition) is 0. The molecule has 0 fully saturated rings. The van der Waals surface area contributed by atoms with Crippen molar-refractivity contribution in [2.24, 2.45) is 0 Å². The molecule has 54 heavy (non-hydrogen) atoms. The lowest BCUT2D eigenvalue weighted by Gasteiger charge is -2.41. The number of aromatic nitrogens is 2. The highest BCUT2D eigenvalue weighted by Gasteiger charge is 2.72. The summed E-state index contributed by atoms with van der Waals surface area (Å²) in [5.74, 6) is -0.784. The lowest BCUT2D eigenvalue weighted by molar-refractivity contribution is -0.834. The molecule has 0 radical (unpaired) electrons. The zero-order valence-corrected chi connectivity index (χ0v) is 32.0. The molecule has 4 nitrogen and oxygen atoms in total. The molecule has 6 aliphatic rings.